The molecule has 0 saturated heterocycles. The van der Waals surface area contributed by atoms with Crippen LogP contribution in [0.3, 0.4) is 0 Å². The highest BCUT2D eigenvalue weighted by Crippen LogP contribution is 2.31. The molecule has 1 N–H and O–H groups in total. The lowest BCUT2D eigenvalue weighted by molar-refractivity contribution is 0.575. The van der Waals surface area contributed by atoms with Gasteiger partial charge in [-0.15, -0.1) is 0 Å². The van der Waals surface area contributed by atoms with Crippen molar-refractivity contribution >= 4 is 40.1 Å². The Balaban J connectivity index is 1.31. The molecule has 0 radical (unpaired) electrons. The molecule has 4 aromatic carbocycles. The number of rotatable bonds is 9. The van der Waals surface area contributed by atoms with E-state index in [9.17, 15) is 0 Å². The van der Waals surface area contributed by atoms with Gasteiger partial charge in [-0.2, -0.15) is 0 Å². The Labute approximate surface area is 249 Å². The number of para-hydroxylation sites is 1. The predicted molar refractivity (Wildman–Crippen MR) is 182 cm³/mol. The fourth-order valence-corrected chi connectivity index (χ4v) is 5.18. The number of nitrogens with one attached hydrogen (secondary N) is 1. The van der Waals surface area contributed by atoms with E-state index < -0.39 is 0 Å². The van der Waals surface area contributed by atoms with Crippen LogP contribution in [0.4, 0.5) is 11.4 Å². The topological polar surface area (TPSA) is 25.2 Å². The Bertz CT molecular complexity index is 1910. The second-order valence-corrected chi connectivity index (χ2v) is 10.4. The smallest absolute Gasteiger partial charge is 0.135 e. The summed E-state index contributed by atoms with van der Waals surface area (Å²) in [4.78, 5) is 0. The first-order chi connectivity index (χ1) is 20.5. The van der Waals surface area contributed by atoms with E-state index in [0.29, 0.717) is 0 Å². The van der Waals surface area contributed by atoms with E-state index in [1.807, 2.05) is 30.4 Å². The molecule has 0 aliphatic rings. The molecular weight excluding hydrogens is 510 g/mol. The van der Waals surface area contributed by atoms with Gasteiger partial charge in [0.05, 0.1) is 0 Å². The van der Waals surface area contributed by atoms with Crippen molar-refractivity contribution in [2.24, 2.45) is 0 Å². The summed E-state index contributed by atoms with van der Waals surface area (Å²) in [6, 6.07) is 32.0. The van der Waals surface area contributed by atoms with Crippen molar-refractivity contribution in [1.29, 1.82) is 0 Å². The molecule has 0 amide bonds. The zero-order valence-corrected chi connectivity index (χ0v) is 24.7. The molecule has 0 unspecified atom stereocenters. The summed E-state index contributed by atoms with van der Waals surface area (Å²) in [6.07, 6.45) is 12.8. The lowest BCUT2D eigenvalue weighted by atomic mass is 9.91. The maximum atomic E-state index is 6.02. The molecule has 42 heavy (non-hydrogen) atoms. The number of allylic oxidation sites excluding steroid dienone is 6. The molecule has 1 heterocycles. The number of benzene rings is 4. The van der Waals surface area contributed by atoms with Crippen molar-refractivity contribution in [3.63, 3.8) is 0 Å². The molecule has 1 aromatic heterocycles. The Morgan fingerprint density at radius 1 is 0.833 bits per heavy atom. The van der Waals surface area contributed by atoms with Gasteiger partial charge in [0.2, 0.25) is 0 Å². The SMILES string of the molecule is C=C/C=C(\C(C)=C/C)c1cc(-c2ccc(Nc3ccc(C/C=c4\c(=C/C=C)oc5ccccc45)cc3)cc2)ccc1C. The summed E-state index contributed by atoms with van der Waals surface area (Å²) in [5.74, 6) is 0. The van der Waals surface area contributed by atoms with Gasteiger partial charge in [0.15, 0.2) is 0 Å². The first-order valence-electron chi connectivity index (χ1n) is 14.3. The fourth-order valence-electron chi connectivity index (χ4n) is 5.18. The minimum atomic E-state index is 0.812. The predicted octanol–water partition coefficient (Wildman–Crippen LogP) is 9.68. The number of anilines is 2. The molecule has 0 fully saturated rings. The Hall–Kier alpha value is -5.08. The van der Waals surface area contributed by atoms with Crippen molar-refractivity contribution in [3.8, 4) is 11.1 Å². The maximum Gasteiger partial charge on any atom is 0.135 e. The molecule has 0 aliphatic carbocycles. The van der Waals surface area contributed by atoms with Crippen LogP contribution in [-0.2, 0) is 6.42 Å². The Morgan fingerprint density at radius 2 is 1.52 bits per heavy atom. The van der Waals surface area contributed by atoms with Gasteiger partial charge in [0, 0.05) is 22.0 Å². The van der Waals surface area contributed by atoms with Gasteiger partial charge in [-0.1, -0.05) is 98.1 Å². The standard InChI is InChI=1S/C40H37NO/c1-6-11-35(28(4)8-3)38-27-32(19-15-29(38)5)31-20-24-34(25-21-31)41-33-22-16-30(17-23-33)18-26-37-36-13-9-10-14-40(36)42-39(37)12-7-2/h6-17,19-27,41H,1-2,18H2,3-5H3/b28-8-,35-11+,37-26-,39-12+. The van der Waals surface area contributed by atoms with Crippen LogP contribution < -0.4 is 16.0 Å². The van der Waals surface area contributed by atoms with Gasteiger partial charge < -0.3 is 9.73 Å². The van der Waals surface area contributed by atoms with Crippen LogP contribution >= 0.6 is 0 Å². The molecule has 5 rings (SSSR count). The number of fused-ring (bicyclic) bond motifs is 1. The van der Waals surface area contributed by atoms with Crippen molar-refractivity contribution in [3.05, 3.63) is 161 Å². The molecule has 0 aliphatic heterocycles. The fraction of sp³-hybridized carbons (Fsp3) is 0.100. The third kappa shape index (κ3) is 6.29. The number of hydrogen-bond donors (Lipinski definition) is 1. The lowest BCUT2D eigenvalue weighted by Crippen LogP contribution is -2.19. The van der Waals surface area contributed by atoms with Gasteiger partial charge in [0.1, 0.15) is 11.0 Å². The van der Waals surface area contributed by atoms with E-state index in [4.69, 9.17) is 4.42 Å². The number of hydrogen-bond acceptors (Lipinski definition) is 2. The first-order valence-corrected chi connectivity index (χ1v) is 14.3. The zero-order chi connectivity index (χ0) is 29.5. The maximum absolute atomic E-state index is 6.02. The molecule has 0 atom stereocenters. The van der Waals surface area contributed by atoms with Crippen LogP contribution in [0.2, 0.25) is 0 Å². The third-order valence-electron chi connectivity index (χ3n) is 7.60. The van der Waals surface area contributed by atoms with Crippen LogP contribution in [0.25, 0.3) is 39.8 Å². The highest BCUT2D eigenvalue weighted by atomic mass is 16.3. The minimum absolute atomic E-state index is 0.812. The number of aryl methyl sites for hydroxylation is 1. The molecule has 0 spiro atoms. The Morgan fingerprint density at radius 3 is 2.21 bits per heavy atom. The van der Waals surface area contributed by atoms with Gasteiger partial charge in [-0.25, -0.2) is 0 Å². The molecule has 0 saturated carbocycles. The summed E-state index contributed by atoms with van der Waals surface area (Å²) in [6.45, 7) is 14.1. The highest BCUT2D eigenvalue weighted by molar-refractivity contribution is 5.84. The van der Waals surface area contributed by atoms with Crippen LogP contribution in [0.15, 0.2) is 138 Å². The second-order valence-electron chi connectivity index (χ2n) is 10.4. The minimum Gasteiger partial charge on any atom is -0.456 e. The van der Waals surface area contributed by atoms with E-state index in [1.165, 1.54) is 39.0 Å². The molecule has 2 nitrogen and oxygen atoms in total. The van der Waals surface area contributed by atoms with Gasteiger partial charge in [-0.3, -0.25) is 0 Å². The van der Waals surface area contributed by atoms with E-state index in [-0.39, 0.29) is 0 Å². The zero-order valence-electron chi connectivity index (χ0n) is 24.7. The Kier molecular flexibility index (Phi) is 8.84. The van der Waals surface area contributed by atoms with Crippen molar-refractivity contribution in [2.75, 3.05) is 5.32 Å². The van der Waals surface area contributed by atoms with E-state index >= 15 is 0 Å². The summed E-state index contributed by atoms with van der Waals surface area (Å²) in [5.41, 5.74) is 12.4. The van der Waals surface area contributed by atoms with Crippen LogP contribution in [-0.4, -0.2) is 0 Å². The first kappa shape index (κ1) is 28.4. The molecule has 5 aromatic rings. The second kappa shape index (κ2) is 13.1. The molecular formula is C40H37NO. The normalized spacial score (nSPS) is 13.0. The number of furan rings is 1. The summed E-state index contributed by atoms with van der Waals surface area (Å²) < 4.78 is 6.02. The van der Waals surface area contributed by atoms with Crippen LogP contribution in [0, 0.1) is 6.92 Å². The van der Waals surface area contributed by atoms with E-state index in [2.05, 4.69) is 130 Å². The van der Waals surface area contributed by atoms with Gasteiger partial charge in [-0.05, 0) is 109 Å². The quantitative estimate of drug-likeness (QED) is 0.186. The van der Waals surface area contributed by atoms with Gasteiger partial charge in [0.25, 0.3) is 0 Å². The summed E-state index contributed by atoms with van der Waals surface area (Å²) in [7, 11) is 0. The third-order valence-corrected chi connectivity index (χ3v) is 7.60. The van der Waals surface area contributed by atoms with E-state index in [1.54, 1.807) is 6.08 Å². The van der Waals surface area contributed by atoms with Crippen molar-refractivity contribution in [2.45, 2.75) is 27.2 Å². The molecule has 2 heteroatoms. The average Bonchev–Trinajstić information content (AvgIpc) is 3.37. The van der Waals surface area contributed by atoms with Crippen molar-refractivity contribution in [1.82, 2.24) is 0 Å². The average molecular weight is 548 g/mol. The molecule has 208 valence electrons. The van der Waals surface area contributed by atoms with E-state index in [0.717, 1.165) is 39.4 Å². The van der Waals surface area contributed by atoms with Crippen LogP contribution in [0.5, 0.6) is 0 Å². The van der Waals surface area contributed by atoms with Gasteiger partial charge >= 0.3 is 0 Å². The highest BCUT2D eigenvalue weighted by Gasteiger charge is 2.09. The van der Waals surface area contributed by atoms with Crippen molar-refractivity contribution < 1.29 is 4.42 Å². The monoisotopic (exact) mass is 547 g/mol. The largest absolute Gasteiger partial charge is 0.456 e. The van der Waals surface area contributed by atoms with Crippen LogP contribution in [0.1, 0.15) is 30.5 Å². The lowest BCUT2D eigenvalue weighted by Gasteiger charge is -2.14. The summed E-state index contributed by atoms with van der Waals surface area (Å²) in [5, 5.41) is 5.77. The molecule has 0 bridgehead atoms. The summed E-state index contributed by atoms with van der Waals surface area (Å²) >= 11 is 0.